The maximum atomic E-state index is 2.40. The van der Waals surface area contributed by atoms with Gasteiger partial charge in [-0.1, -0.05) is 79.4 Å². The van der Waals surface area contributed by atoms with Crippen LogP contribution in [0.2, 0.25) is 0 Å². The van der Waals surface area contributed by atoms with Gasteiger partial charge in [0.05, 0.1) is 0 Å². The standard InChI is InChI=1S/C11H22.C6H12.C3H8/c1-9-6-5-7-10(8-9)11(2,3)4;1-4-5-6(2)3;1-3-2/h9-10H,5-8H2,1-4H3;5H,4H2,1-3H3;3H2,1-2H3. The van der Waals surface area contributed by atoms with E-state index in [0.717, 1.165) is 11.8 Å². The fraction of sp³-hybridized carbons (Fsp3) is 0.900. The minimum absolute atomic E-state index is 0.550. The fourth-order valence-electron chi connectivity index (χ4n) is 2.63. The van der Waals surface area contributed by atoms with Gasteiger partial charge in [0, 0.05) is 0 Å². The Bertz CT molecular complexity index is 225. The smallest absolute Gasteiger partial charge is 0.0354 e. The highest BCUT2D eigenvalue weighted by Gasteiger charge is 2.28. The highest BCUT2D eigenvalue weighted by molar-refractivity contribution is 4.91. The van der Waals surface area contributed by atoms with Crippen LogP contribution in [0.25, 0.3) is 0 Å². The van der Waals surface area contributed by atoms with Crippen LogP contribution in [0.4, 0.5) is 0 Å². The summed E-state index contributed by atoms with van der Waals surface area (Å²) in [5, 5.41) is 0. The number of hydrogen-bond donors (Lipinski definition) is 0. The van der Waals surface area contributed by atoms with E-state index in [1.807, 2.05) is 0 Å². The van der Waals surface area contributed by atoms with Crippen LogP contribution in [0.5, 0.6) is 0 Å². The first-order valence-electron chi connectivity index (χ1n) is 8.82. The lowest BCUT2D eigenvalue weighted by molar-refractivity contribution is 0.148. The Kier molecular flexibility index (Phi) is 13.7. The molecule has 0 aromatic carbocycles. The second kappa shape index (κ2) is 12.5. The zero-order valence-electron chi connectivity index (χ0n) is 16.0. The molecule has 0 N–H and O–H groups in total. The third kappa shape index (κ3) is 14.2. The van der Waals surface area contributed by atoms with E-state index < -0.39 is 0 Å². The van der Waals surface area contributed by atoms with Crippen molar-refractivity contribution in [1.29, 1.82) is 0 Å². The molecule has 0 aromatic heterocycles. The van der Waals surface area contributed by atoms with Crippen LogP contribution >= 0.6 is 0 Å². The molecule has 1 aliphatic rings. The third-order valence-electron chi connectivity index (χ3n) is 3.77. The van der Waals surface area contributed by atoms with E-state index >= 15 is 0 Å². The summed E-state index contributed by atoms with van der Waals surface area (Å²) >= 11 is 0. The highest BCUT2D eigenvalue weighted by atomic mass is 14.3. The molecule has 2 unspecified atom stereocenters. The SMILES string of the molecule is CC1CCCC(C(C)(C)C)C1.CCC.CCC=C(C)C. The van der Waals surface area contributed by atoms with Gasteiger partial charge in [0.1, 0.15) is 0 Å². The van der Waals surface area contributed by atoms with Crippen LogP contribution in [-0.4, -0.2) is 0 Å². The van der Waals surface area contributed by atoms with E-state index in [-0.39, 0.29) is 0 Å². The Balaban J connectivity index is 0. The molecule has 0 amide bonds. The minimum atomic E-state index is 0.550. The molecule has 0 spiro atoms. The molecule has 1 saturated carbocycles. The molecule has 20 heavy (non-hydrogen) atoms. The van der Waals surface area contributed by atoms with Crippen LogP contribution in [0.15, 0.2) is 11.6 Å². The molecule has 0 aromatic rings. The minimum Gasteiger partial charge on any atom is -0.0862 e. The quantitative estimate of drug-likeness (QED) is 0.433. The Labute approximate surface area is 130 Å². The first-order chi connectivity index (χ1) is 9.18. The van der Waals surface area contributed by atoms with Gasteiger partial charge in [-0.25, -0.2) is 0 Å². The van der Waals surface area contributed by atoms with Gasteiger partial charge in [0.15, 0.2) is 0 Å². The maximum Gasteiger partial charge on any atom is -0.0354 e. The van der Waals surface area contributed by atoms with Gasteiger partial charge in [0.2, 0.25) is 0 Å². The van der Waals surface area contributed by atoms with Gasteiger partial charge in [-0.15, -0.1) is 0 Å². The third-order valence-corrected chi connectivity index (χ3v) is 3.77. The molecular weight excluding hydrogens is 240 g/mol. The Morgan fingerprint density at radius 3 is 1.75 bits per heavy atom. The van der Waals surface area contributed by atoms with Gasteiger partial charge in [-0.05, 0) is 50.4 Å². The van der Waals surface area contributed by atoms with Gasteiger partial charge in [-0.2, -0.15) is 0 Å². The van der Waals surface area contributed by atoms with E-state index in [9.17, 15) is 0 Å². The molecule has 0 heterocycles. The van der Waals surface area contributed by atoms with Crippen molar-refractivity contribution < 1.29 is 0 Å². The van der Waals surface area contributed by atoms with Crippen LogP contribution in [0.3, 0.4) is 0 Å². The van der Waals surface area contributed by atoms with Crippen molar-refractivity contribution in [2.75, 3.05) is 0 Å². The summed E-state index contributed by atoms with van der Waals surface area (Å²) < 4.78 is 0. The molecule has 0 nitrogen and oxygen atoms in total. The molecular formula is C20H42. The molecule has 0 bridgehead atoms. The summed E-state index contributed by atoms with van der Waals surface area (Å²) in [6.45, 7) is 20.2. The summed E-state index contributed by atoms with van der Waals surface area (Å²) in [4.78, 5) is 0. The molecule has 0 saturated heterocycles. The summed E-state index contributed by atoms with van der Waals surface area (Å²) in [7, 11) is 0. The molecule has 1 fully saturated rings. The van der Waals surface area contributed by atoms with Gasteiger partial charge < -0.3 is 0 Å². The van der Waals surface area contributed by atoms with E-state index in [1.54, 1.807) is 0 Å². The van der Waals surface area contributed by atoms with E-state index in [1.165, 1.54) is 44.1 Å². The molecule has 0 aliphatic heterocycles. The monoisotopic (exact) mass is 282 g/mol. The first kappa shape index (κ1) is 22.0. The van der Waals surface area contributed by atoms with E-state index in [4.69, 9.17) is 0 Å². The zero-order valence-corrected chi connectivity index (χ0v) is 16.0. The average molecular weight is 283 g/mol. The predicted molar refractivity (Wildman–Crippen MR) is 96.3 cm³/mol. The lowest BCUT2D eigenvalue weighted by Crippen LogP contribution is -2.25. The number of allylic oxidation sites excluding steroid dienone is 2. The van der Waals surface area contributed by atoms with Crippen molar-refractivity contribution in [1.82, 2.24) is 0 Å². The Morgan fingerprint density at radius 1 is 1.05 bits per heavy atom. The number of hydrogen-bond acceptors (Lipinski definition) is 0. The topological polar surface area (TPSA) is 0 Å². The Morgan fingerprint density at radius 2 is 1.55 bits per heavy atom. The van der Waals surface area contributed by atoms with Crippen molar-refractivity contribution in [2.24, 2.45) is 17.3 Å². The molecule has 122 valence electrons. The van der Waals surface area contributed by atoms with Crippen LogP contribution in [0, 0.1) is 17.3 Å². The Hall–Kier alpha value is -0.260. The first-order valence-corrected chi connectivity index (χ1v) is 8.82. The van der Waals surface area contributed by atoms with Crippen LogP contribution in [0.1, 0.15) is 101 Å². The van der Waals surface area contributed by atoms with Gasteiger partial charge in [0.25, 0.3) is 0 Å². The maximum absolute atomic E-state index is 2.40. The van der Waals surface area contributed by atoms with Crippen molar-refractivity contribution in [3.8, 4) is 0 Å². The summed E-state index contributed by atoms with van der Waals surface area (Å²) in [5.41, 5.74) is 1.96. The second-order valence-corrected chi connectivity index (χ2v) is 7.73. The lowest BCUT2D eigenvalue weighted by Gasteiger charge is -2.36. The summed E-state index contributed by atoms with van der Waals surface area (Å²) in [5.74, 6) is 1.96. The van der Waals surface area contributed by atoms with Crippen LogP contribution in [-0.2, 0) is 0 Å². The van der Waals surface area contributed by atoms with Crippen molar-refractivity contribution in [3.05, 3.63) is 11.6 Å². The molecule has 0 heteroatoms. The number of rotatable bonds is 1. The molecule has 1 aliphatic carbocycles. The van der Waals surface area contributed by atoms with Gasteiger partial charge in [-0.3, -0.25) is 0 Å². The van der Waals surface area contributed by atoms with Crippen molar-refractivity contribution in [3.63, 3.8) is 0 Å². The van der Waals surface area contributed by atoms with E-state index in [2.05, 4.69) is 68.4 Å². The predicted octanol–water partition coefficient (Wildman–Crippen LogP) is 7.64. The summed E-state index contributed by atoms with van der Waals surface area (Å²) in [6.07, 6.45) is 10.5. The highest BCUT2D eigenvalue weighted by Crippen LogP contribution is 2.39. The zero-order chi connectivity index (χ0) is 16.2. The van der Waals surface area contributed by atoms with Crippen molar-refractivity contribution >= 4 is 0 Å². The fourth-order valence-corrected chi connectivity index (χ4v) is 2.63. The molecule has 0 radical (unpaired) electrons. The van der Waals surface area contributed by atoms with Crippen LogP contribution < -0.4 is 0 Å². The van der Waals surface area contributed by atoms with Crippen molar-refractivity contribution in [2.45, 2.75) is 101 Å². The molecule has 2 atom stereocenters. The normalized spacial score (nSPS) is 21.9. The van der Waals surface area contributed by atoms with Gasteiger partial charge >= 0.3 is 0 Å². The average Bonchev–Trinajstić information content (AvgIpc) is 2.29. The second-order valence-electron chi connectivity index (χ2n) is 7.73. The summed E-state index contributed by atoms with van der Waals surface area (Å²) in [6, 6.07) is 0. The van der Waals surface area contributed by atoms with E-state index in [0.29, 0.717) is 5.41 Å². The molecule has 1 rings (SSSR count). The lowest BCUT2D eigenvalue weighted by atomic mass is 9.69. The largest absolute Gasteiger partial charge is 0.0862 e.